The van der Waals surface area contributed by atoms with Crippen molar-refractivity contribution >= 4 is 6.29 Å². The minimum absolute atomic E-state index is 0.191. The fraction of sp³-hybridized carbons (Fsp3) is 0.857. The van der Waals surface area contributed by atoms with E-state index >= 15 is 0 Å². The lowest BCUT2D eigenvalue weighted by molar-refractivity contribution is -0.112. The van der Waals surface area contributed by atoms with Crippen molar-refractivity contribution in [2.24, 2.45) is 11.8 Å². The summed E-state index contributed by atoms with van der Waals surface area (Å²) >= 11 is 0. The van der Waals surface area contributed by atoms with Gasteiger partial charge in [-0.05, 0) is 25.7 Å². The third-order valence-corrected chi connectivity index (χ3v) is 2.10. The van der Waals surface area contributed by atoms with Gasteiger partial charge in [0, 0.05) is 5.92 Å². The molecule has 0 heterocycles. The molecule has 0 aromatic rings. The summed E-state index contributed by atoms with van der Waals surface area (Å²) in [4.78, 5) is 15.0. The van der Waals surface area contributed by atoms with Gasteiger partial charge >= 0.3 is 0 Å². The van der Waals surface area contributed by atoms with Gasteiger partial charge in [-0.25, -0.2) is 5.90 Å². The molecule has 0 atom stereocenters. The zero-order valence-electron chi connectivity index (χ0n) is 5.95. The lowest BCUT2D eigenvalue weighted by Crippen LogP contribution is -2.24. The second-order valence-corrected chi connectivity index (χ2v) is 2.81. The summed E-state index contributed by atoms with van der Waals surface area (Å²) in [5.74, 6) is 5.26. The van der Waals surface area contributed by atoms with E-state index in [1.165, 1.54) is 0 Å². The van der Waals surface area contributed by atoms with Crippen LogP contribution in [-0.2, 0) is 9.63 Å². The molecule has 58 valence electrons. The number of carbonyl (C=O) groups excluding carboxylic acids is 1. The molecule has 1 rings (SSSR count). The summed E-state index contributed by atoms with van der Waals surface area (Å²) < 4.78 is 0. The SMILES string of the molecule is NOC1CCC(C=O)CC1. The molecule has 0 bridgehead atoms. The van der Waals surface area contributed by atoms with Crippen LogP contribution in [0.3, 0.4) is 0 Å². The van der Waals surface area contributed by atoms with Gasteiger partial charge in [-0.1, -0.05) is 0 Å². The Morgan fingerprint density at radius 2 is 1.90 bits per heavy atom. The molecule has 0 aromatic carbocycles. The first-order valence-electron chi connectivity index (χ1n) is 3.67. The number of carbonyl (C=O) groups is 1. The molecule has 0 radical (unpaired) electrons. The summed E-state index contributed by atoms with van der Waals surface area (Å²) in [6.45, 7) is 0. The third-order valence-electron chi connectivity index (χ3n) is 2.10. The van der Waals surface area contributed by atoms with Crippen LogP contribution in [0.15, 0.2) is 0 Å². The molecule has 0 aromatic heterocycles. The molecule has 0 spiro atoms. The van der Waals surface area contributed by atoms with E-state index in [1.807, 2.05) is 0 Å². The average molecular weight is 143 g/mol. The van der Waals surface area contributed by atoms with E-state index in [0.29, 0.717) is 0 Å². The molecule has 10 heavy (non-hydrogen) atoms. The molecule has 1 saturated carbocycles. The van der Waals surface area contributed by atoms with Gasteiger partial charge in [0.1, 0.15) is 6.29 Å². The Balaban J connectivity index is 2.23. The number of hydrogen-bond donors (Lipinski definition) is 1. The highest BCUT2D eigenvalue weighted by atomic mass is 16.6. The van der Waals surface area contributed by atoms with Crippen molar-refractivity contribution in [1.29, 1.82) is 0 Å². The first-order chi connectivity index (χ1) is 4.86. The minimum atomic E-state index is 0.191. The Labute approximate surface area is 60.5 Å². The predicted molar refractivity (Wildman–Crippen MR) is 37.1 cm³/mol. The molecule has 3 heteroatoms. The molecule has 0 aliphatic heterocycles. The topological polar surface area (TPSA) is 52.3 Å². The Kier molecular flexibility index (Phi) is 2.83. The number of nitrogens with two attached hydrogens (primary N) is 1. The number of hydrogen-bond acceptors (Lipinski definition) is 3. The van der Waals surface area contributed by atoms with E-state index in [2.05, 4.69) is 4.84 Å². The second kappa shape index (κ2) is 3.68. The summed E-state index contributed by atoms with van der Waals surface area (Å²) in [5.41, 5.74) is 0. The lowest BCUT2D eigenvalue weighted by Gasteiger charge is -2.22. The van der Waals surface area contributed by atoms with Crippen LogP contribution in [0.5, 0.6) is 0 Å². The summed E-state index contributed by atoms with van der Waals surface area (Å²) in [5, 5.41) is 0. The highest BCUT2D eigenvalue weighted by molar-refractivity contribution is 5.53. The van der Waals surface area contributed by atoms with Crippen molar-refractivity contribution in [3.05, 3.63) is 0 Å². The molecule has 0 unspecified atom stereocenters. The molecule has 1 aliphatic carbocycles. The van der Waals surface area contributed by atoms with Crippen LogP contribution in [-0.4, -0.2) is 12.4 Å². The van der Waals surface area contributed by atoms with Crippen LogP contribution >= 0.6 is 0 Å². The predicted octanol–water partition coefficient (Wildman–Crippen LogP) is 0.634. The molecular formula is C7H13NO2. The summed E-state index contributed by atoms with van der Waals surface area (Å²) in [7, 11) is 0. The van der Waals surface area contributed by atoms with Gasteiger partial charge in [0.05, 0.1) is 6.10 Å². The van der Waals surface area contributed by atoms with E-state index in [1.54, 1.807) is 0 Å². The molecule has 2 N–H and O–H groups in total. The van der Waals surface area contributed by atoms with Gasteiger partial charge in [-0.2, -0.15) is 0 Å². The van der Waals surface area contributed by atoms with Crippen LogP contribution in [0.2, 0.25) is 0 Å². The molecular weight excluding hydrogens is 130 g/mol. The maximum Gasteiger partial charge on any atom is 0.123 e. The molecule has 0 amide bonds. The van der Waals surface area contributed by atoms with Gasteiger partial charge in [0.25, 0.3) is 0 Å². The smallest absolute Gasteiger partial charge is 0.123 e. The summed E-state index contributed by atoms with van der Waals surface area (Å²) in [6.07, 6.45) is 4.96. The fourth-order valence-corrected chi connectivity index (χ4v) is 1.36. The minimum Gasteiger partial charge on any atom is -0.303 e. The maximum absolute atomic E-state index is 10.3. The van der Waals surface area contributed by atoms with E-state index in [-0.39, 0.29) is 12.0 Å². The van der Waals surface area contributed by atoms with E-state index < -0.39 is 0 Å². The van der Waals surface area contributed by atoms with Gasteiger partial charge < -0.3 is 9.63 Å². The summed E-state index contributed by atoms with van der Waals surface area (Å²) in [6, 6.07) is 0. The Bertz CT molecular complexity index is 108. The molecule has 0 saturated heterocycles. The van der Waals surface area contributed by atoms with Crippen molar-refractivity contribution in [3.63, 3.8) is 0 Å². The van der Waals surface area contributed by atoms with Crippen LogP contribution in [0.25, 0.3) is 0 Å². The largest absolute Gasteiger partial charge is 0.303 e. The zero-order chi connectivity index (χ0) is 7.40. The van der Waals surface area contributed by atoms with E-state index in [9.17, 15) is 4.79 Å². The van der Waals surface area contributed by atoms with Gasteiger partial charge in [0.15, 0.2) is 0 Å². The first kappa shape index (κ1) is 7.69. The van der Waals surface area contributed by atoms with Gasteiger partial charge in [-0.3, -0.25) is 0 Å². The van der Waals surface area contributed by atoms with Crippen molar-refractivity contribution < 1.29 is 9.63 Å². The van der Waals surface area contributed by atoms with Gasteiger partial charge in [-0.15, -0.1) is 0 Å². The highest BCUT2D eigenvalue weighted by Gasteiger charge is 2.20. The monoisotopic (exact) mass is 143 g/mol. The van der Waals surface area contributed by atoms with Crippen molar-refractivity contribution in [2.45, 2.75) is 31.8 Å². The third kappa shape index (κ3) is 1.78. The fourth-order valence-electron chi connectivity index (χ4n) is 1.36. The van der Waals surface area contributed by atoms with Crippen molar-refractivity contribution in [3.8, 4) is 0 Å². The Morgan fingerprint density at radius 1 is 1.30 bits per heavy atom. The quantitative estimate of drug-likeness (QED) is 0.455. The Hall–Kier alpha value is -0.410. The number of aldehydes is 1. The van der Waals surface area contributed by atoms with Crippen LogP contribution in [0.4, 0.5) is 0 Å². The van der Waals surface area contributed by atoms with Crippen LogP contribution in [0.1, 0.15) is 25.7 Å². The van der Waals surface area contributed by atoms with Crippen LogP contribution < -0.4 is 5.90 Å². The molecule has 1 aliphatic rings. The molecule has 1 fully saturated rings. The van der Waals surface area contributed by atoms with E-state index in [0.717, 1.165) is 32.0 Å². The first-order valence-corrected chi connectivity index (χ1v) is 3.67. The van der Waals surface area contributed by atoms with Crippen molar-refractivity contribution in [1.82, 2.24) is 0 Å². The van der Waals surface area contributed by atoms with Gasteiger partial charge in [0.2, 0.25) is 0 Å². The standard InChI is InChI=1S/C7H13NO2/c8-10-7-3-1-6(5-9)2-4-7/h5-7H,1-4,8H2. The maximum atomic E-state index is 10.3. The average Bonchev–Trinajstić information content (AvgIpc) is 2.05. The second-order valence-electron chi connectivity index (χ2n) is 2.81. The van der Waals surface area contributed by atoms with Crippen LogP contribution in [0, 0.1) is 5.92 Å². The van der Waals surface area contributed by atoms with Crippen molar-refractivity contribution in [2.75, 3.05) is 0 Å². The highest BCUT2D eigenvalue weighted by Crippen LogP contribution is 2.23. The van der Waals surface area contributed by atoms with E-state index in [4.69, 9.17) is 5.90 Å². The molecule has 3 nitrogen and oxygen atoms in total. The lowest BCUT2D eigenvalue weighted by atomic mass is 9.89. The normalized spacial score (nSPS) is 33.7. The zero-order valence-corrected chi connectivity index (χ0v) is 5.95. The number of rotatable bonds is 2. The Morgan fingerprint density at radius 3 is 2.30 bits per heavy atom.